The maximum atomic E-state index is 11.8. The summed E-state index contributed by atoms with van der Waals surface area (Å²) < 4.78 is 5.55. The molecule has 1 aliphatic rings. The van der Waals surface area contributed by atoms with Crippen LogP contribution in [0.15, 0.2) is 0 Å². The molecular weight excluding hydrogens is 202 g/mol. The number of ether oxygens (including phenoxy) is 1. The van der Waals surface area contributed by atoms with E-state index in [4.69, 9.17) is 10.5 Å². The predicted molar refractivity (Wildman–Crippen MR) is 64.9 cm³/mol. The van der Waals surface area contributed by atoms with E-state index in [0.717, 1.165) is 12.8 Å². The lowest BCUT2D eigenvalue weighted by atomic mass is 9.84. The number of nitrogens with two attached hydrogens (primary N) is 1. The molecule has 0 aromatic rings. The molecule has 1 fully saturated rings. The van der Waals surface area contributed by atoms with Crippen LogP contribution in [0, 0.1) is 11.8 Å². The van der Waals surface area contributed by atoms with E-state index in [0.29, 0.717) is 5.92 Å². The number of hydrogen-bond donors (Lipinski definition) is 1. The van der Waals surface area contributed by atoms with Crippen LogP contribution in [0.2, 0.25) is 0 Å². The first-order valence-corrected chi connectivity index (χ1v) is 6.52. The third-order valence-electron chi connectivity index (χ3n) is 3.62. The van der Waals surface area contributed by atoms with Crippen LogP contribution in [-0.2, 0) is 9.53 Å². The Labute approximate surface area is 98.7 Å². The van der Waals surface area contributed by atoms with Crippen LogP contribution in [0.25, 0.3) is 0 Å². The Balaban J connectivity index is 2.48. The summed E-state index contributed by atoms with van der Waals surface area (Å²) >= 11 is 0. The van der Waals surface area contributed by atoms with E-state index in [9.17, 15) is 4.79 Å². The molecule has 1 rings (SSSR count). The van der Waals surface area contributed by atoms with Gasteiger partial charge in [-0.1, -0.05) is 27.2 Å². The molecule has 3 heteroatoms. The fraction of sp³-hybridized carbons (Fsp3) is 0.923. The molecule has 3 atom stereocenters. The zero-order chi connectivity index (χ0) is 12.1. The van der Waals surface area contributed by atoms with E-state index < -0.39 is 6.04 Å². The molecule has 94 valence electrons. The van der Waals surface area contributed by atoms with E-state index in [1.807, 2.05) is 13.8 Å². The maximum Gasteiger partial charge on any atom is 0.323 e. The fourth-order valence-corrected chi connectivity index (χ4v) is 2.30. The first-order chi connectivity index (χ1) is 7.56. The number of rotatable bonds is 4. The number of carbonyl (C=O) groups is 1. The molecule has 0 spiro atoms. The van der Waals surface area contributed by atoms with Gasteiger partial charge in [0.15, 0.2) is 0 Å². The van der Waals surface area contributed by atoms with Gasteiger partial charge in [0.2, 0.25) is 0 Å². The Morgan fingerprint density at radius 2 is 2.00 bits per heavy atom. The number of carbonyl (C=O) groups excluding carboxylic acids is 1. The molecule has 0 amide bonds. The van der Waals surface area contributed by atoms with Crippen molar-refractivity contribution in [1.82, 2.24) is 0 Å². The molecule has 3 nitrogen and oxygen atoms in total. The highest BCUT2D eigenvalue weighted by Crippen LogP contribution is 2.29. The lowest BCUT2D eigenvalue weighted by Crippen LogP contribution is -2.41. The number of hydrogen-bond acceptors (Lipinski definition) is 3. The Morgan fingerprint density at radius 1 is 1.38 bits per heavy atom. The van der Waals surface area contributed by atoms with Crippen LogP contribution in [0.5, 0.6) is 0 Å². The number of esters is 1. The van der Waals surface area contributed by atoms with E-state index in [2.05, 4.69) is 6.92 Å². The fourth-order valence-electron chi connectivity index (χ4n) is 2.30. The lowest BCUT2D eigenvalue weighted by Gasteiger charge is -2.31. The minimum Gasteiger partial charge on any atom is -0.461 e. The normalized spacial score (nSPS) is 27.8. The SMILES string of the molecule is CCC1CCCCC1OC(=O)[C@@H](N)C(C)C. The minimum absolute atomic E-state index is 0.107. The summed E-state index contributed by atoms with van der Waals surface area (Å²) in [5.74, 6) is 0.466. The summed E-state index contributed by atoms with van der Waals surface area (Å²) in [6.07, 6.45) is 5.83. The van der Waals surface area contributed by atoms with Gasteiger partial charge in [-0.25, -0.2) is 0 Å². The van der Waals surface area contributed by atoms with E-state index in [1.54, 1.807) is 0 Å². The molecule has 0 aromatic heterocycles. The maximum absolute atomic E-state index is 11.8. The summed E-state index contributed by atoms with van der Waals surface area (Å²) in [6.45, 7) is 6.06. The van der Waals surface area contributed by atoms with Gasteiger partial charge in [-0.15, -0.1) is 0 Å². The summed E-state index contributed by atoms with van der Waals surface area (Å²) in [5.41, 5.74) is 5.79. The monoisotopic (exact) mass is 227 g/mol. The Hall–Kier alpha value is -0.570. The molecule has 2 unspecified atom stereocenters. The van der Waals surface area contributed by atoms with Crippen molar-refractivity contribution in [3.05, 3.63) is 0 Å². The quantitative estimate of drug-likeness (QED) is 0.751. The van der Waals surface area contributed by atoms with Crippen molar-refractivity contribution in [3.8, 4) is 0 Å². The van der Waals surface area contributed by atoms with Crippen LogP contribution in [0.4, 0.5) is 0 Å². The zero-order valence-corrected chi connectivity index (χ0v) is 10.7. The summed E-state index contributed by atoms with van der Waals surface area (Å²) in [6, 6.07) is -0.473. The van der Waals surface area contributed by atoms with Crippen LogP contribution < -0.4 is 5.73 Å². The Kier molecular flexibility index (Phi) is 5.26. The molecular formula is C13H25NO2. The predicted octanol–water partition coefficient (Wildman–Crippen LogP) is 2.48. The van der Waals surface area contributed by atoms with Gasteiger partial charge in [-0.2, -0.15) is 0 Å². The van der Waals surface area contributed by atoms with E-state index in [-0.39, 0.29) is 18.0 Å². The van der Waals surface area contributed by atoms with Crippen LogP contribution >= 0.6 is 0 Å². The van der Waals surface area contributed by atoms with Gasteiger partial charge in [0.25, 0.3) is 0 Å². The van der Waals surface area contributed by atoms with Crippen molar-refractivity contribution in [1.29, 1.82) is 0 Å². The Bertz CT molecular complexity index is 228. The van der Waals surface area contributed by atoms with Gasteiger partial charge in [-0.3, -0.25) is 4.79 Å². The third-order valence-corrected chi connectivity index (χ3v) is 3.62. The molecule has 0 saturated heterocycles. The minimum atomic E-state index is -0.473. The van der Waals surface area contributed by atoms with Crippen molar-refractivity contribution in [2.45, 2.75) is 65.0 Å². The third kappa shape index (κ3) is 3.48. The van der Waals surface area contributed by atoms with Crippen molar-refractivity contribution in [2.75, 3.05) is 0 Å². The van der Waals surface area contributed by atoms with Crippen LogP contribution in [-0.4, -0.2) is 18.1 Å². The molecule has 0 aliphatic heterocycles. The Morgan fingerprint density at radius 3 is 2.56 bits per heavy atom. The molecule has 0 aromatic carbocycles. The summed E-state index contributed by atoms with van der Waals surface area (Å²) in [7, 11) is 0. The second-order valence-electron chi connectivity index (χ2n) is 5.20. The zero-order valence-electron chi connectivity index (χ0n) is 10.7. The molecule has 0 radical (unpaired) electrons. The first-order valence-electron chi connectivity index (χ1n) is 6.52. The smallest absolute Gasteiger partial charge is 0.323 e. The van der Waals surface area contributed by atoms with E-state index in [1.165, 1.54) is 19.3 Å². The van der Waals surface area contributed by atoms with Gasteiger partial charge >= 0.3 is 5.97 Å². The van der Waals surface area contributed by atoms with Gasteiger partial charge in [0.1, 0.15) is 12.1 Å². The molecule has 0 heterocycles. The van der Waals surface area contributed by atoms with Crippen molar-refractivity contribution in [3.63, 3.8) is 0 Å². The average molecular weight is 227 g/mol. The largest absolute Gasteiger partial charge is 0.461 e. The second kappa shape index (κ2) is 6.24. The summed E-state index contributed by atoms with van der Waals surface area (Å²) in [5, 5.41) is 0. The topological polar surface area (TPSA) is 52.3 Å². The first kappa shape index (κ1) is 13.5. The average Bonchev–Trinajstić information content (AvgIpc) is 2.28. The molecule has 0 bridgehead atoms. The summed E-state index contributed by atoms with van der Waals surface area (Å²) in [4.78, 5) is 11.8. The van der Waals surface area contributed by atoms with Crippen molar-refractivity contribution in [2.24, 2.45) is 17.6 Å². The molecule has 16 heavy (non-hydrogen) atoms. The van der Waals surface area contributed by atoms with Crippen LogP contribution in [0.3, 0.4) is 0 Å². The van der Waals surface area contributed by atoms with E-state index >= 15 is 0 Å². The van der Waals surface area contributed by atoms with Crippen molar-refractivity contribution < 1.29 is 9.53 Å². The van der Waals surface area contributed by atoms with Gasteiger partial charge in [-0.05, 0) is 37.5 Å². The van der Waals surface area contributed by atoms with Gasteiger partial charge in [0.05, 0.1) is 0 Å². The second-order valence-corrected chi connectivity index (χ2v) is 5.20. The molecule has 1 saturated carbocycles. The standard InChI is InChI=1S/C13H25NO2/c1-4-10-7-5-6-8-11(10)16-13(15)12(14)9(2)3/h9-12H,4-8,14H2,1-3H3/t10?,11?,12-/m0/s1. The highest BCUT2D eigenvalue weighted by atomic mass is 16.5. The molecule has 2 N–H and O–H groups in total. The van der Waals surface area contributed by atoms with Gasteiger partial charge < -0.3 is 10.5 Å². The molecule has 1 aliphatic carbocycles. The highest BCUT2D eigenvalue weighted by Gasteiger charge is 2.29. The highest BCUT2D eigenvalue weighted by molar-refractivity contribution is 5.75. The van der Waals surface area contributed by atoms with Gasteiger partial charge in [0, 0.05) is 0 Å². The van der Waals surface area contributed by atoms with Crippen LogP contribution in [0.1, 0.15) is 52.9 Å². The van der Waals surface area contributed by atoms with Crippen molar-refractivity contribution >= 4 is 5.97 Å². The lowest BCUT2D eigenvalue weighted by molar-refractivity contribution is -0.156.